The van der Waals surface area contributed by atoms with Crippen LogP contribution in [0.3, 0.4) is 0 Å². The molecule has 1 aliphatic carbocycles. The van der Waals surface area contributed by atoms with Gasteiger partial charge in [0, 0.05) is 0 Å². The van der Waals surface area contributed by atoms with E-state index >= 15 is 0 Å². The van der Waals surface area contributed by atoms with Gasteiger partial charge in [-0.15, -0.1) is 0 Å². The summed E-state index contributed by atoms with van der Waals surface area (Å²) in [6, 6.07) is 0. The van der Waals surface area contributed by atoms with Gasteiger partial charge in [0.05, 0.1) is 0 Å². The second kappa shape index (κ2) is 3.96. The normalized spacial score (nSPS) is 31.3. The van der Waals surface area contributed by atoms with Gasteiger partial charge in [-0.05, 0) is 0 Å². The number of hydrogen-bond acceptors (Lipinski definition) is 3. The van der Waals surface area contributed by atoms with E-state index in [0.717, 1.165) is 0 Å². The molecule has 0 aromatic heterocycles. The molecule has 0 radical (unpaired) electrons. The fourth-order valence-electron chi connectivity index (χ4n) is 1.59. The second-order valence-electron chi connectivity index (χ2n) is 4.02. The molecule has 2 unspecified atom stereocenters. The van der Waals surface area contributed by atoms with E-state index in [1.807, 2.05) is 0 Å². The summed E-state index contributed by atoms with van der Waals surface area (Å²) < 4.78 is 28.6. The Morgan fingerprint density at radius 2 is 2.00 bits per heavy atom. The molecule has 0 fully saturated rings. The van der Waals surface area contributed by atoms with E-state index < -0.39 is 31.3 Å². The molecule has 0 bridgehead atoms. The molecular formula is C8H14AsBO5. The Morgan fingerprint density at radius 1 is 1.47 bits per heavy atom. The molecule has 1 aliphatic rings. The summed E-state index contributed by atoms with van der Waals surface area (Å²) in [5, 5.41) is 17.1. The van der Waals surface area contributed by atoms with Gasteiger partial charge >= 0.3 is 90.9 Å². The fraction of sp³-hybridized carbons (Fsp3) is 0.500. The minimum atomic E-state index is -5.04. The molecule has 7 heteroatoms. The summed E-state index contributed by atoms with van der Waals surface area (Å²) in [7, 11) is -1.79. The maximum atomic E-state index is 11.3. The zero-order valence-corrected chi connectivity index (χ0v) is 10.4. The molecular weight excluding hydrogens is 262 g/mol. The SMILES string of the molecule is CC1=CC([As](=O)(O)O)C(C)(B(O)O)C=C1. The van der Waals surface area contributed by atoms with Crippen molar-refractivity contribution >= 4 is 21.3 Å². The summed E-state index contributed by atoms with van der Waals surface area (Å²) in [6.45, 7) is 3.13. The van der Waals surface area contributed by atoms with Crippen LogP contribution in [-0.4, -0.2) is 39.5 Å². The molecule has 4 N–H and O–H groups in total. The van der Waals surface area contributed by atoms with Gasteiger partial charge in [0.2, 0.25) is 0 Å². The monoisotopic (exact) mass is 276 g/mol. The summed E-state index contributed by atoms with van der Waals surface area (Å²) in [5.41, 5.74) is 0.711. The van der Waals surface area contributed by atoms with Gasteiger partial charge in [0.1, 0.15) is 0 Å². The first-order valence-corrected chi connectivity index (χ1v) is 8.00. The first kappa shape index (κ1) is 12.8. The van der Waals surface area contributed by atoms with Crippen molar-refractivity contribution in [3.8, 4) is 0 Å². The topological polar surface area (TPSA) is 98.0 Å². The van der Waals surface area contributed by atoms with Crippen molar-refractivity contribution in [3.05, 3.63) is 23.8 Å². The Kier molecular flexibility index (Phi) is 3.38. The van der Waals surface area contributed by atoms with Crippen LogP contribution in [0.5, 0.6) is 0 Å². The molecule has 0 spiro atoms. The molecule has 0 aromatic carbocycles. The van der Waals surface area contributed by atoms with Crippen molar-refractivity contribution in [2.75, 3.05) is 0 Å². The molecule has 0 saturated heterocycles. The molecule has 84 valence electrons. The summed E-state index contributed by atoms with van der Waals surface area (Å²) >= 11 is -5.04. The molecule has 0 heterocycles. The van der Waals surface area contributed by atoms with E-state index in [4.69, 9.17) is 0 Å². The molecule has 1 rings (SSSR count). The minimum absolute atomic E-state index is 0.711. The predicted octanol–water partition coefficient (Wildman–Crippen LogP) is -0.540. The first-order valence-electron chi connectivity index (χ1n) is 4.47. The quantitative estimate of drug-likeness (QED) is 0.508. The summed E-state index contributed by atoms with van der Waals surface area (Å²) in [5.74, 6) is 0. The van der Waals surface area contributed by atoms with Crippen LogP contribution >= 0.6 is 0 Å². The van der Waals surface area contributed by atoms with Crippen molar-refractivity contribution < 1.29 is 22.0 Å². The van der Waals surface area contributed by atoms with Crippen molar-refractivity contribution in [1.29, 1.82) is 0 Å². The Bertz CT molecular complexity index is 358. The first-order chi connectivity index (χ1) is 6.68. The van der Waals surface area contributed by atoms with Crippen LogP contribution in [0.2, 0.25) is 10.0 Å². The van der Waals surface area contributed by atoms with Crippen LogP contribution < -0.4 is 0 Å². The predicted molar refractivity (Wildman–Crippen MR) is 56.1 cm³/mol. The number of allylic oxidation sites excluding steroid dienone is 4. The van der Waals surface area contributed by atoms with E-state index in [1.54, 1.807) is 13.0 Å². The van der Waals surface area contributed by atoms with Gasteiger partial charge in [0.15, 0.2) is 0 Å². The van der Waals surface area contributed by atoms with E-state index in [2.05, 4.69) is 0 Å². The second-order valence-corrected chi connectivity index (χ2v) is 7.66. The summed E-state index contributed by atoms with van der Waals surface area (Å²) in [6.07, 6.45) is 4.47. The van der Waals surface area contributed by atoms with E-state index in [9.17, 15) is 22.0 Å². The zero-order valence-electron chi connectivity index (χ0n) is 8.53. The Labute approximate surface area is 91.3 Å². The molecule has 15 heavy (non-hydrogen) atoms. The summed E-state index contributed by atoms with van der Waals surface area (Å²) in [4.78, 5) is 0. The van der Waals surface area contributed by atoms with Crippen LogP contribution in [-0.2, 0) is 3.74 Å². The molecule has 0 saturated carbocycles. The van der Waals surface area contributed by atoms with E-state index in [-0.39, 0.29) is 0 Å². The fourth-order valence-corrected chi connectivity index (χ4v) is 4.47. The van der Waals surface area contributed by atoms with Crippen molar-refractivity contribution in [1.82, 2.24) is 0 Å². The average molecular weight is 276 g/mol. The van der Waals surface area contributed by atoms with Gasteiger partial charge in [-0.1, -0.05) is 0 Å². The van der Waals surface area contributed by atoms with Gasteiger partial charge in [-0.3, -0.25) is 0 Å². The Morgan fingerprint density at radius 3 is 2.40 bits per heavy atom. The molecule has 2 atom stereocenters. The molecule has 0 amide bonds. The number of rotatable bonds is 2. The van der Waals surface area contributed by atoms with E-state index in [0.29, 0.717) is 5.57 Å². The van der Waals surface area contributed by atoms with E-state index in [1.165, 1.54) is 19.1 Å². The van der Waals surface area contributed by atoms with Gasteiger partial charge in [0.25, 0.3) is 0 Å². The van der Waals surface area contributed by atoms with Gasteiger partial charge in [-0.2, -0.15) is 0 Å². The van der Waals surface area contributed by atoms with Crippen molar-refractivity contribution in [2.24, 2.45) is 0 Å². The number of hydrogen-bond donors (Lipinski definition) is 4. The standard InChI is InChI=1S/C8H14AsBO5/c1-6-3-4-8(2,10(14)15)7(5-6)9(11,12)13/h3-5,7,14-15H,1-2H3,(H2,11,12,13). The third kappa shape index (κ3) is 2.46. The van der Waals surface area contributed by atoms with Crippen LogP contribution in [0.4, 0.5) is 0 Å². The third-order valence-electron chi connectivity index (χ3n) is 2.68. The Hall–Kier alpha value is -0.257. The Balaban J connectivity index is 3.20. The van der Waals surface area contributed by atoms with Crippen LogP contribution in [0.1, 0.15) is 13.8 Å². The van der Waals surface area contributed by atoms with Crippen molar-refractivity contribution in [2.45, 2.75) is 23.9 Å². The van der Waals surface area contributed by atoms with Crippen LogP contribution in [0.25, 0.3) is 0 Å². The average Bonchev–Trinajstić information content (AvgIpc) is 2.07. The maximum absolute atomic E-state index is 11.3. The third-order valence-corrected chi connectivity index (χ3v) is 5.68. The van der Waals surface area contributed by atoms with Gasteiger partial charge < -0.3 is 0 Å². The van der Waals surface area contributed by atoms with Crippen molar-refractivity contribution in [3.63, 3.8) is 0 Å². The van der Waals surface area contributed by atoms with Gasteiger partial charge in [-0.25, -0.2) is 0 Å². The van der Waals surface area contributed by atoms with Crippen LogP contribution in [0.15, 0.2) is 23.8 Å². The molecule has 0 aliphatic heterocycles. The molecule has 5 nitrogen and oxygen atoms in total. The molecule has 0 aromatic rings. The van der Waals surface area contributed by atoms with Crippen LogP contribution in [0, 0.1) is 0 Å². The zero-order chi connectivity index (χ0) is 11.9.